The number of hydrogen-bond donors (Lipinski definition) is 2. The van der Waals surface area contributed by atoms with Gasteiger partial charge in [0.2, 0.25) is 5.91 Å². The number of benzene rings is 1. The van der Waals surface area contributed by atoms with Gasteiger partial charge in [0.1, 0.15) is 29.0 Å². The average Bonchev–Trinajstić information content (AvgIpc) is 3.77. The lowest BCUT2D eigenvalue weighted by Gasteiger charge is -2.38. The van der Waals surface area contributed by atoms with E-state index in [4.69, 9.17) is 30.1 Å². The van der Waals surface area contributed by atoms with Gasteiger partial charge in [0.25, 0.3) is 0 Å². The summed E-state index contributed by atoms with van der Waals surface area (Å²) in [5.74, 6) is 2.51. The molecule has 1 aromatic carbocycles. The number of rotatable bonds is 14. The predicted molar refractivity (Wildman–Crippen MR) is 246 cm³/mol. The molecule has 4 fully saturated rings. The Morgan fingerprint density at radius 3 is 2.38 bits per heavy atom. The highest BCUT2D eigenvalue weighted by molar-refractivity contribution is 6.09. The lowest BCUT2D eigenvalue weighted by molar-refractivity contribution is -0.120. The third-order valence-electron chi connectivity index (χ3n) is 13.8. The lowest BCUT2D eigenvalue weighted by Crippen LogP contribution is -2.49. The average molecular weight is 903 g/mol. The van der Waals surface area contributed by atoms with Gasteiger partial charge < -0.3 is 24.8 Å². The molecule has 19 heteroatoms. The summed E-state index contributed by atoms with van der Waals surface area (Å²) in [6.45, 7) is 13.9. The van der Waals surface area contributed by atoms with Crippen molar-refractivity contribution in [3.63, 3.8) is 0 Å². The molecule has 3 saturated heterocycles. The number of amides is 3. The second kappa shape index (κ2) is 18.0. The zero-order valence-electron chi connectivity index (χ0n) is 38.3. The summed E-state index contributed by atoms with van der Waals surface area (Å²) >= 11 is 0. The smallest absolute Gasteiger partial charge is 0.329 e. The maximum absolute atomic E-state index is 16.1. The molecule has 0 atom stereocenters. The lowest BCUT2D eigenvalue weighted by atomic mass is 9.87. The van der Waals surface area contributed by atoms with Gasteiger partial charge >= 0.3 is 6.03 Å². The zero-order valence-corrected chi connectivity index (χ0v) is 38.3. The highest BCUT2D eigenvalue weighted by atomic mass is 19.1. The van der Waals surface area contributed by atoms with Gasteiger partial charge in [0, 0.05) is 63.4 Å². The van der Waals surface area contributed by atoms with Gasteiger partial charge in [-0.15, -0.1) is 0 Å². The number of nitrogens with two attached hydrogens (primary N) is 1. The Balaban J connectivity index is 0.657. The van der Waals surface area contributed by atoms with E-state index in [-0.39, 0.29) is 42.1 Å². The number of piperidine rings is 2. The third-order valence-corrected chi connectivity index (χ3v) is 13.8. The third kappa shape index (κ3) is 8.75. The van der Waals surface area contributed by atoms with Crippen molar-refractivity contribution in [1.29, 1.82) is 0 Å². The first-order chi connectivity index (χ1) is 31.9. The molecule has 10 rings (SSSR count). The van der Waals surface area contributed by atoms with Crippen LogP contribution in [0.2, 0.25) is 0 Å². The molecule has 3 N–H and O–H groups in total. The first-order valence-electron chi connectivity index (χ1n) is 23.5. The molecule has 1 saturated carbocycles. The zero-order chi connectivity index (χ0) is 45.7. The summed E-state index contributed by atoms with van der Waals surface area (Å²) in [6, 6.07) is 3.22. The van der Waals surface area contributed by atoms with Crippen molar-refractivity contribution in [3.8, 4) is 22.8 Å². The van der Waals surface area contributed by atoms with Crippen molar-refractivity contribution in [1.82, 2.24) is 59.8 Å². The molecule has 6 aromatic rings. The molecular weight excluding hydrogens is 844 g/mol. The highest BCUT2D eigenvalue weighted by Crippen LogP contribution is 2.48. The van der Waals surface area contributed by atoms with E-state index < -0.39 is 6.03 Å². The molecule has 4 aliphatic rings. The number of hydrogen-bond acceptors (Lipinski definition) is 14. The molecule has 66 heavy (non-hydrogen) atoms. The predicted octanol–water partition coefficient (Wildman–Crippen LogP) is 6.17. The van der Waals surface area contributed by atoms with Gasteiger partial charge in [0.15, 0.2) is 28.9 Å². The maximum Gasteiger partial charge on any atom is 0.329 e. The number of aromatic nitrogens is 9. The summed E-state index contributed by atoms with van der Waals surface area (Å²) in [4.78, 5) is 49.1. The Bertz CT molecular complexity index is 2740. The van der Waals surface area contributed by atoms with E-state index in [2.05, 4.69) is 56.1 Å². The van der Waals surface area contributed by atoms with E-state index in [1.165, 1.54) is 28.8 Å². The molecule has 3 amide bonds. The topological polar surface area (TPSA) is 204 Å². The Labute approximate surface area is 382 Å². The van der Waals surface area contributed by atoms with Gasteiger partial charge in [-0.1, -0.05) is 11.2 Å². The normalized spacial score (nSPS) is 18.6. The number of ether oxygens (including phenoxy) is 1. The van der Waals surface area contributed by atoms with Crippen molar-refractivity contribution in [2.24, 2.45) is 13.0 Å². The Morgan fingerprint density at radius 2 is 1.65 bits per heavy atom. The Hall–Kier alpha value is -5.92. The van der Waals surface area contributed by atoms with Crippen LogP contribution in [-0.4, -0.2) is 125 Å². The van der Waals surface area contributed by atoms with Crippen LogP contribution in [0.1, 0.15) is 101 Å². The largest absolute Gasteiger partial charge is 0.383 e. The first kappa shape index (κ1) is 43.9. The molecule has 0 unspecified atom stereocenters. The van der Waals surface area contributed by atoms with Gasteiger partial charge in [0.05, 0.1) is 23.1 Å². The van der Waals surface area contributed by atoms with Crippen LogP contribution in [0.3, 0.4) is 0 Å². The number of fused-ring (bicyclic) bond motifs is 2. The second-order valence-electron chi connectivity index (χ2n) is 19.5. The monoisotopic (exact) mass is 902 g/mol. The van der Waals surface area contributed by atoms with Gasteiger partial charge in [-0.05, 0) is 127 Å². The molecule has 8 heterocycles. The molecule has 18 nitrogen and oxygen atoms in total. The molecular formula is C47H59FN14O4. The quantitative estimate of drug-likeness (QED) is 0.118. The van der Waals surface area contributed by atoms with Crippen molar-refractivity contribution in [3.05, 3.63) is 53.6 Å². The van der Waals surface area contributed by atoms with Crippen LogP contribution in [0.15, 0.2) is 35.4 Å². The van der Waals surface area contributed by atoms with E-state index in [0.29, 0.717) is 76.3 Å². The number of halogens is 1. The molecule has 5 aromatic heterocycles. The number of carbonyl (C=O) groups excluding carboxylic acids is 2. The SMILES string of the molecule is Cn1nc(N2CCC(=O)NC2=O)c2ccc(C3CCN(CC4CCN(CCCOCCc5cnc(-c6c(-c7nn(C(C)(C)C)c8ncnc(N)c78)noc6C6CC6)nc5)CC4)CC3)c(F)c21. The van der Waals surface area contributed by atoms with Crippen molar-refractivity contribution >= 4 is 45.5 Å². The van der Waals surface area contributed by atoms with Crippen LogP contribution in [0, 0.1) is 11.7 Å². The van der Waals surface area contributed by atoms with Crippen LogP contribution < -0.4 is 16.0 Å². The fourth-order valence-electron chi connectivity index (χ4n) is 10.00. The number of carbonyl (C=O) groups is 2. The first-order valence-corrected chi connectivity index (χ1v) is 23.5. The molecule has 3 aliphatic heterocycles. The Kier molecular flexibility index (Phi) is 12.0. The number of imide groups is 1. The van der Waals surface area contributed by atoms with Crippen LogP contribution in [0.5, 0.6) is 0 Å². The van der Waals surface area contributed by atoms with E-state index in [1.54, 1.807) is 7.05 Å². The maximum atomic E-state index is 16.1. The number of anilines is 2. The number of likely N-dealkylation sites (tertiary alicyclic amines) is 2. The van der Waals surface area contributed by atoms with E-state index in [1.807, 2.05) is 29.2 Å². The number of nitrogen functional groups attached to an aromatic ring is 1. The number of nitrogens with one attached hydrogen (secondary N) is 1. The summed E-state index contributed by atoms with van der Waals surface area (Å²) < 4.78 is 31.5. The van der Waals surface area contributed by atoms with Crippen LogP contribution in [-0.2, 0) is 28.5 Å². The molecule has 0 bridgehead atoms. The Morgan fingerprint density at radius 1 is 0.894 bits per heavy atom. The standard InChI is InChI=1S/C47H59FN14O4/c1-47(2,3)62-45-36(42(49)52-27-53-45)38(55-62)39-35(41(66-57-39)31-6-7-31)43-50-24-29(25-51-43)15-23-65-22-5-16-59-17-10-28(11-18-59)26-60-19-12-30(13-20-60)32-8-9-33-40(37(32)48)58(4)56-44(33)61-21-14-34(63)54-46(61)64/h8-9,24-25,27-28,30-31H,5-7,10-23,26H2,1-4H3,(H2,49,52,53)(H,54,63,64). The fourth-order valence-corrected chi connectivity index (χ4v) is 10.00. The fraction of sp³-hybridized carbons (Fsp3) is 0.553. The van der Waals surface area contributed by atoms with Gasteiger partial charge in [-0.25, -0.2) is 33.8 Å². The van der Waals surface area contributed by atoms with Crippen molar-refractivity contribution in [2.45, 2.75) is 95.9 Å². The number of urea groups is 1. The van der Waals surface area contributed by atoms with E-state index in [0.717, 1.165) is 93.8 Å². The van der Waals surface area contributed by atoms with Crippen molar-refractivity contribution < 1.29 is 23.2 Å². The number of aryl methyl sites for hydroxylation is 1. The van der Waals surface area contributed by atoms with Gasteiger partial charge in [-0.3, -0.25) is 19.7 Å². The summed E-state index contributed by atoms with van der Waals surface area (Å²) in [6.07, 6.45) is 13.3. The molecule has 0 spiro atoms. The van der Waals surface area contributed by atoms with Crippen LogP contribution in [0.25, 0.3) is 44.7 Å². The summed E-state index contributed by atoms with van der Waals surface area (Å²) in [5, 5.41) is 17.5. The minimum absolute atomic E-state index is 0.132. The minimum atomic E-state index is -0.524. The molecule has 348 valence electrons. The van der Waals surface area contributed by atoms with Gasteiger partial charge in [-0.2, -0.15) is 10.2 Å². The summed E-state index contributed by atoms with van der Waals surface area (Å²) in [7, 11) is 1.70. The van der Waals surface area contributed by atoms with Crippen LogP contribution in [0.4, 0.5) is 20.8 Å². The van der Waals surface area contributed by atoms with E-state index in [9.17, 15) is 9.59 Å². The van der Waals surface area contributed by atoms with E-state index >= 15 is 4.39 Å². The minimum Gasteiger partial charge on any atom is -0.383 e. The summed E-state index contributed by atoms with van der Waals surface area (Å²) in [5.41, 5.74) is 10.6. The van der Waals surface area contributed by atoms with Crippen LogP contribution >= 0.6 is 0 Å². The molecule has 1 aliphatic carbocycles. The number of nitrogens with zero attached hydrogens (tertiary/aromatic N) is 12. The second-order valence-corrected chi connectivity index (χ2v) is 19.5. The molecule has 0 radical (unpaired) electrons. The van der Waals surface area contributed by atoms with Crippen molar-refractivity contribution in [2.75, 3.05) is 69.7 Å². The highest BCUT2D eigenvalue weighted by Gasteiger charge is 2.37.